The smallest absolute Gasteiger partial charge is 0.174 e. The molecule has 1 aromatic carbocycles. The van der Waals surface area contributed by atoms with Crippen molar-refractivity contribution in [2.75, 3.05) is 13.7 Å². The molecule has 4 nitrogen and oxygen atoms in total. The van der Waals surface area contributed by atoms with Crippen LogP contribution in [0.25, 0.3) is 0 Å². The topological polar surface area (TPSA) is 47.6 Å². The molecule has 2 bridgehead atoms. The minimum atomic E-state index is -0.286. The van der Waals surface area contributed by atoms with Gasteiger partial charge < -0.3 is 14.8 Å². The maximum absolute atomic E-state index is 12.5. The van der Waals surface area contributed by atoms with Crippen LogP contribution in [-0.4, -0.2) is 31.6 Å². The summed E-state index contributed by atoms with van der Waals surface area (Å²) in [6.45, 7) is 0.977. The number of nitrogens with one attached hydrogen (secondary N) is 1. The zero-order chi connectivity index (χ0) is 14.2. The van der Waals surface area contributed by atoms with Crippen molar-refractivity contribution < 1.29 is 14.3 Å². The number of methoxy groups -OCH3 is 1. The molecule has 110 valence electrons. The second-order valence-corrected chi connectivity index (χ2v) is 6.80. The van der Waals surface area contributed by atoms with Gasteiger partial charge in [-0.25, -0.2) is 0 Å². The molecular weight excluding hydrogens is 266 g/mol. The molecule has 1 saturated heterocycles. The van der Waals surface area contributed by atoms with Gasteiger partial charge in [0.05, 0.1) is 7.11 Å². The number of piperidine rings is 1. The molecule has 4 aliphatic rings. The Morgan fingerprint density at radius 2 is 2.33 bits per heavy atom. The largest absolute Gasteiger partial charge is 0.493 e. The first-order chi connectivity index (χ1) is 10.3. The second-order valence-electron chi connectivity index (χ2n) is 6.80. The molecule has 1 saturated carbocycles. The van der Waals surface area contributed by atoms with Gasteiger partial charge in [0.25, 0.3) is 0 Å². The Labute approximate surface area is 123 Å². The van der Waals surface area contributed by atoms with E-state index in [1.54, 1.807) is 7.11 Å². The highest BCUT2D eigenvalue weighted by molar-refractivity contribution is 5.89. The molecule has 0 radical (unpaired) electrons. The standard InChI is InChI=1S/C17H19NO3/c1-20-13-5-2-9-8-11-10-3-4-12(19)16-17(10,6-7-18-11)14(9)15(13)21-16/h2,5,10-11,16,18H,3-4,6-8H2,1H3/t10?,11-,16?,17+/m1/s1. The summed E-state index contributed by atoms with van der Waals surface area (Å²) in [4.78, 5) is 12.5. The van der Waals surface area contributed by atoms with Crippen molar-refractivity contribution in [3.63, 3.8) is 0 Å². The highest BCUT2D eigenvalue weighted by Crippen LogP contribution is 2.61. The summed E-state index contributed by atoms with van der Waals surface area (Å²) in [7, 11) is 1.68. The van der Waals surface area contributed by atoms with E-state index in [0.29, 0.717) is 18.4 Å². The Hall–Kier alpha value is -1.55. The lowest BCUT2D eigenvalue weighted by Crippen LogP contribution is -2.65. The van der Waals surface area contributed by atoms with Crippen LogP contribution in [0, 0.1) is 5.92 Å². The van der Waals surface area contributed by atoms with Crippen molar-refractivity contribution in [3.05, 3.63) is 23.3 Å². The van der Waals surface area contributed by atoms with Gasteiger partial charge in [0.2, 0.25) is 0 Å². The van der Waals surface area contributed by atoms with Gasteiger partial charge in [0, 0.05) is 23.4 Å². The molecule has 0 aromatic heterocycles. The van der Waals surface area contributed by atoms with Crippen molar-refractivity contribution >= 4 is 5.78 Å². The van der Waals surface area contributed by atoms with Crippen LogP contribution in [0.3, 0.4) is 0 Å². The van der Waals surface area contributed by atoms with Crippen LogP contribution in [0.1, 0.15) is 30.4 Å². The fraction of sp³-hybridized carbons (Fsp3) is 0.588. The maximum Gasteiger partial charge on any atom is 0.174 e. The number of benzene rings is 1. The zero-order valence-corrected chi connectivity index (χ0v) is 12.1. The minimum absolute atomic E-state index is 0.0945. The van der Waals surface area contributed by atoms with E-state index in [1.807, 2.05) is 6.07 Å². The summed E-state index contributed by atoms with van der Waals surface area (Å²) in [6.07, 6.45) is 3.40. The van der Waals surface area contributed by atoms with E-state index >= 15 is 0 Å². The van der Waals surface area contributed by atoms with E-state index in [4.69, 9.17) is 9.47 Å². The van der Waals surface area contributed by atoms with Gasteiger partial charge >= 0.3 is 0 Å². The normalized spacial score (nSPS) is 38.7. The number of Topliss-reactive ketones (excluding diaryl/α,β-unsaturated/α-hetero) is 1. The summed E-state index contributed by atoms with van der Waals surface area (Å²) in [6, 6.07) is 4.65. The summed E-state index contributed by atoms with van der Waals surface area (Å²) < 4.78 is 11.7. The summed E-state index contributed by atoms with van der Waals surface area (Å²) in [5.41, 5.74) is 2.54. The molecule has 2 fully saturated rings. The number of ketones is 1. The molecular formula is C17H19NO3. The monoisotopic (exact) mass is 285 g/mol. The first-order valence-electron chi connectivity index (χ1n) is 7.89. The van der Waals surface area contributed by atoms with Gasteiger partial charge in [-0.3, -0.25) is 4.79 Å². The molecule has 2 aliphatic carbocycles. The Kier molecular flexibility index (Phi) is 2.18. The molecule has 2 heterocycles. The quantitative estimate of drug-likeness (QED) is 0.851. The van der Waals surface area contributed by atoms with Gasteiger partial charge in [-0.1, -0.05) is 6.07 Å². The third kappa shape index (κ3) is 1.24. The molecule has 1 aromatic rings. The van der Waals surface area contributed by atoms with Crippen LogP contribution in [0.4, 0.5) is 0 Å². The van der Waals surface area contributed by atoms with E-state index in [1.165, 1.54) is 11.1 Å². The summed E-state index contributed by atoms with van der Waals surface area (Å²) >= 11 is 0. The third-order valence-electron chi connectivity index (χ3n) is 6.12. The number of carbonyl (C=O) groups is 1. The van der Waals surface area contributed by atoms with E-state index in [2.05, 4.69) is 11.4 Å². The summed E-state index contributed by atoms with van der Waals surface area (Å²) in [5, 5.41) is 3.67. The van der Waals surface area contributed by atoms with E-state index in [0.717, 1.165) is 37.3 Å². The number of ether oxygens (including phenoxy) is 2. The molecule has 2 unspecified atom stereocenters. The molecule has 4 atom stereocenters. The Morgan fingerprint density at radius 1 is 1.43 bits per heavy atom. The number of hydrogen-bond acceptors (Lipinski definition) is 4. The van der Waals surface area contributed by atoms with Crippen LogP contribution < -0.4 is 14.8 Å². The average molecular weight is 285 g/mol. The van der Waals surface area contributed by atoms with E-state index in [-0.39, 0.29) is 17.3 Å². The maximum atomic E-state index is 12.5. The predicted octanol–water partition coefficient (Wildman–Crippen LogP) is 1.59. The number of carbonyl (C=O) groups excluding carboxylic acids is 1. The van der Waals surface area contributed by atoms with Crippen molar-refractivity contribution in [1.82, 2.24) is 5.32 Å². The van der Waals surface area contributed by atoms with Crippen LogP contribution >= 0.6 is 0 Å². The first kappa shape index (κ1) is 12.0. The first-order valence-corrected chi connectivity index (χ1v) is 7.89. The van der Waals surface area contributed by atoms with Crippen LogP contribution in [0.2, 0.25) is 0 Å². The molecule has 4 heteroatoms. The van der Waals surface area contributed by atoms with Crippen molar-refractivity contribution in [2.45, 2.75) is 43.2 Å². The molecule has 0 amide bonds. The Balaban J connectivity index is 1.83. The minimum Gasteiger partial charge on any atom is -0.493 e. The highest BCUT2D eigenvalue weighted by Gasteiger charge is 2.64. The molecule has 1 N–H and O–H groups in total. The van der Waals surface area contributed by atoms with Gasteiger partial charge in [-0.05, 0) is 43.4 Å². The Morgan fingerprint density at radius 3 is 3.19 bits per heavy atom. The third-order valence-corrected chi connectivity index (χ3v) is 6.12. The Bertz CT molecular complexity index is 656. The molecule has 21 heavy (non-hydrogen) atoms. The van der Waals surface area contributed by atoms with Crippen molar-refractivity contribution in [3.8, 4) is 11.5 Å². The van der Waals surface area contributed by atoms with Crippen molar-refractivity contribution in [1.29, 1.82) is 0 Å². The van der Waals surface area contributed by atoms with Crippen LogP contribution in [-0.2, 0) is 16.6 Å². The molecule has 5 rings (SSSR count). The fourth-order valence-corrected chi connectivity index (χ4v) is 5.40. The van der Waals surface area contributed by atoms with E-state index in [9.17, 15) is 4.79 Å². The van der Waals surface area contributed by atoms with Gasteiger partial charge in [-0.2, -0.15) is 0 Å². The lowest BCUT2D eigenvalue weighted by atomic mass is 9.52. The molecule has 1 spiro atoms. The highest BCUT2D eigenvalue weighted by atomic mass is 16.5. The lowest BCUT2D eigenvalue weighted by Gasteiger charge is -2.54. The molecule has 2 aliphatic heterocycles. The lowest BCUT2D eigenvalue weighted by molar-refractivity contribution is -0.135. The fourth-order valence-electron chi connectivity index (χ4n) is 5.40. The summed E-state index contributed by atoms with van der Waals surface area (Å²) in [5.74, 6) is 2.43. The number of hydrogen-bond donors (Lipinski definition) is 1. The van der Waals surface area contributed by atoms with Gasteiger partial charge in [-0.15, -0.1) is 0 Å². The predicted molar refractivity (Wildman–Crippen MR) is 76.9 cm³/mol. The zero-order valence-electron chi connectivity index (χ0n) is 12.1. The van der Waals surface area contributed by atoms with Crippen molar-refractivity contribution in [2.24, 2.45) is 5.92 Å². The van der Waals surface area contributed by atoms with Crippen LogP contribution in [0.5, 0.6) is 11.5 Å². The average Bonchev–Trinajstić information content (AvgIpc) is 2.83. The van der Waals surface area contributed by atoms with Gasteiger partial charge in [0.15, 0.2) is 23.4 Å². The second kappa shape index (κ2) is 3.80. The van der Waals surface area contributed by atoms with E-state index < -0.39 is 0 Å². The SMILES string of the molecule is COc1ccc2c3c1OC1C(=O)CCC4[C@@H](C2)NCC[C@]314. The number of rotatable bonds is 1. The van der Waals surface area contributed by atoms with Gasteiger partial charge in [0.1, 0.15) is 0 Å². The van der Waals surface area contributed by atoms with Crippen LogP contribution in [0.15, 0.2) is 12.1 Å².